The van der Waals surface area contributed by atoms with Crippen molar-refractivity contribution in [2.75, 3.05) is 0 Å². The molecule has 1 fully saturated rings. The van der Waals surface area contributed by atoms with E-state index in [-0.39, 0.29) is 18.3 Å². The summed E-state index contributed by atoms with van der Waals surface area (Å²) in [4.78, 5) is 22.7. The first kappa shape index (κ1) is 22.9. The molecule has 0 radical (unpaired) electrons. The van der Waals surface area contributed by atoms with E-state index in [0.717, 1.165) is 64.2 Å². The fourth-order valence-electron chi connectivity index (χ4n) is 3.90. The zero-order valence-corrected chi connectivity index (χ0v) is 16.7. The molecule has 0 amide bonds. The summed E-state index contributed by atoms with van der Waals surface area (Å²) < 4.78 is 0. The maximum Gasteiger partial charge on any atom is 0.303 e. The van der Waals surface area contributed by atoms with Crippen LogP contribution in [0.15, 0.2) is 12.2 Å². The molecule has 1 rings (SSSR count). The van der Waals surface area contributed by atoms with Gasteiger partial charge < -0.3 is 10.2 Å². The van der Waals surface area contributed by atoms with Crippen LogP contribution in [-0.4, -0.2) is 27.6 Å². The molecule has 0 aromatic rings. The molecule has 2 N–H and O–H groups in total. The molecule has 1 aliphatic carbocycles. The average molecular weight is 367 g/mol. The van der Waals surface area contributed by atoms with Crippen LogP contribution in [0.5, 0.6) is 0 Å². The Hall–Kier alpha value is -1.16. The lowest BCUT2D eigenvalue weighted by Crippen LogP contribution is -2.25. The zero-order chi connectivity index (χ0) is 19.4. The first-order valence-electron chi connectivity index (χ1n) is 10.6. The van der Waals surface area contributed by atoms with E-state index in [2.05, 4.69) is 13.0 Å². The predicted molar refractivity (Wildman–Crippen MR) is 105 cm³/mol. The van der Waals surface area contributed by atoms with E-state index in [1.165, 1.54) is 0 Å². The monoisotopic (exact) mass is 366 g/mol. The normalized spacial score (nSPS) is 22.8. The van der Waals surface area contributed by atoms with Gasteiger partial charge >= 0.3 is 5.97 Å². The number of carboxylic acid groups (broad SMARTS) is 1. The van der Waals surface area contributed by atoms with E-state index in [9.17, 15) is 14.7 Å². The van der Waals surface area contributed by atoms with Gasteiger partial charge in [-0.05, 0) is 38.0 Å². The van der Waals surface area contributed by atoms with Gasteiger partial charge in [0.1, 0.15) is 5.78 Å². The van der Waals surface area contributed by atoms with Crippen molar-refractivity contribution in [3.63, 3.8) is 0 Å². The second-order valence-electron chi connectivity index (χ2n) is 7.90. The highest BCUT2D eigenvalue weighted by atomic mass is 16.4. The van der Waals surface area contributed by atoms with E-state index >= 15 is 0 Å². The van der Waals surface area contributed by atoms with Gasteiger partial charge in [-0.3, -0.25) is 9.59 Å². The molecule has 3 atom stereocenters. The second kappa shape index (κ2) is 12.3. The Labute approximate surface area is 159 Å². The Morgan fingerprint density at radius 1 is 1.15 bits per heavy atom. The van der Waals surface area contributed by atoms with Crippen molar-refractivity contribution < 1.29 is 19.8 Å². The van der Waals surface area contributed by atoms with E-state index in [4.69, 9.17) is 5.11 Å². The molecule has 1 aliphatic rings. The van der Waals surface area contributed by atoms with Crippen LogP contribution in [0.4, 0.5) is 0 Å². The number of unbranched alkanes of at least 4 members (excludes halogenated alkanes) is 5. The van der Waals surface area contributed by atoms with Gasteiger partial charge in [0.25, 0.3) is 0 Å². The van der Waals surface area contributed by atoms with Gasteiger partial charge in [-0.1, -0.05) is 64.5 Å². The van der Waals surface area contributed by atoms with Gasteiger partial charge in [0.2, 0.25) is 0 Å². The number of carbonyl (C=O) groups is 2. The van der Waals surface area contributed by atoms with Crippen LogP contribution in [0.2, 0.25) is 0 Å². The topological polar surface area (TPSA) is 74.6 Å². The van der Waals surface area contributed by atoms with Crippen molar-refractivity contribution in [3.8, 4) is 0 Å². The fourth-order valence-corrected chi connectivity index (χ4v) is 3.90. The Bertz CT molecular complexity index is 457. The van der Waals surface area contributed by atoms with E-state index < -0.39 is 11.6 Å². The lowest BCUT2D eigenvalue weighted by atomic mass is 9.86. The number of carboxylic acids is 1. The number of aliphatic hydroxyl groups is 1. The van der Waals surface area contributed by atoms with Crippen LogP contribution in [-0.2, 0) is 9.59 Å². The van der Waals surface area contributed by atoms with Crippen LogP contribution in [0.25, 0.3) is 0 Å². The molecule has 0 aromatic carbocycles. The highest BCUT2D eigenvalue weighted by Gasteiger charge is 2.33. The third-order valence-electron chi connectivity index (χ3n) is 5.79. The van der Waals surface area contributed by atoms with Gasteiger partial charge in [0, 0.05) is 18.8 Å². The van der Waals surface area contributed by atoms with Crippen molar-refractivity contribution in [1.82, 2.24) is 0 Å². The van der Waals surface area contributed by atoms with Crippen LogP contribution in [0.3, 0.4) is 0 Å². The third-order valence-corrected chi connectivity index (χ3v) is 5.79. The third kappa shape index (κ3) is 8.48. The molecule has 0 saturated heterocycles. The summed E-state index contributed by atoms with van der Waals surface area (Å²) in [6.07, 6.45) is 15.2. The minimum Gasteiger partial charge on any atom is -0.481 e. The maximum atomic E-state index is 12.2. The smallest absolute Gasteiger partial charge is 0.303 e. The minimum absolute atomic E-state index is 0.0856. The summed E-state index contributed by atoms with van der Waals surface area (Å²) >= 11 is 0. The predicted octanol–water partition coefficient (Wildman–Crippen LogP) is 5.28. The Morgan fingerprint density at radius 3 is 2.54 bits per heavy atom. The maximum absolute atomic E-state index is 12.2. The first-order valence-corrected chi connectivity index (χ1v) is 10.6. The number of hydrogen-bond donors (Lipinski definition) is 2. The van der Waals surface area contributed by atoms with E-state index in [0.29, 0.717) is 18.6 Å². The number of ketones is 1. The van der Waals surface area contributed by atoms with E-state index in [1.54, 1.807) is 0 Å². The minimum atomic E-state index is -0.734. The molecule has 0 spiro atoms. The number of carbonyl (C=O) groups excluding carboxylic acids is 1. The van der Waals surface area contributed by atoms with Crippen LogP contribution in [0.1, 0.15) is 97.3 Å². The molecule has 26 heavy (non-hydrogen) atoms. The number of hydrogen-bond acceptors (Lipinski definition) is 3. The number of aliphatic carboxylic acids is 1. The second-order valence-corrected chi connectivity index (χ2v) is 7.90. The number of Topliss-reactive ketones (excluding diaryl/α,β-unsaturated/α-hetero) is 1. The molecule has 1 saturated carbocycles. The Morgan fingerprint density at radius 2 is 1.88 bits per heavy atom. The molecule has 150 valence electrons. The van der Waals surface area contributed by atoms with Crippen molar-refractivity contribution >= 4 is 11.8 Å². The number of allylic oxidation sites excluding steroid dienone is 1. The SMILES string of the molecule is CCCCCC(O)(C=C[C@H]1CCC(=O)[C@@H]1CCCCCCC(=O)O)CC. The lowest BCUT2D eigenvalue weighted by Gasteiger charge is -2.24. The largest absolute Gasteiger partial charge is 0.481 e. The van der Waals surface area contributed by atoms with Crippen molar-refractivity contribution in [2.45, 2.75) is 103 Å². The molecular weight excluding hydrogens is 328 g/mol. The highest BCUT2D eigenvalue weighted by molar-refractivity contribution is 5.83. The molecule has 4 heteroatoms. The zero-order valence-electron chi connectivity index (χ0n) is 16.7. The Kier molecular flexibility index (Phi) is 10.8. The molecule has 0 aliphatic heterocycles. The van der Waals surface area contributed by atoms with Crippen molar-refractivity contribution in [3.05, 3.63) is 12.2 Å². The van der Waals surface area contributed by atoms with E-state index in [1.807, 2.05) is 13.0 Å². The fraction of sp³-hybridized carbons (Fsp3) is 0.818. The lowest BCUT2D eigenvalue weighted by molar-refractivity contribution is -0.137. The Balaban J connectivity index is 2.45. The molecule has 0 heterocycles. The molecular formula is C22H38O4. The number of rotatable bonds is 14. The summed E-state index contributed by atoms with van der Waals surface area (Å²) in [6, 6.07) is 0. The van der Waals surface area contributed by atoms with Crippen LogP contribution < -0.4 is 0 Å². The summed E-state index contributed by atoms with van der Waals surface area (Å²) in [5, 5.41) is 19.4. The average Bonchev–Trinajstić information content (AvgIpc) is 2.96. The summed E-state index contributed by atoms with van der Waals surface area (Å²) in [5.41, 5.74) is -0.734. The molecule has 0 bridgehead atoms. The van der Waals surface area contributed by atoms with Gasteiger partial charge in [-0.25, -0.2) is 0 Å². The standard InChI is InChI=1S/C22H38O4/c1-3-5-10-16-22(26,4-2)17-15-18-13-14-20(23)19(18)11-8-6-7-9-12-21(24)25/h15,17-19,26H,3-14,16H2,1-2H3,(H,24,25)/t18-,19-,22?/m1/s1. The quantitative estimate of drug-likeness (QED) is 0.324. The van der Waals surface area contributed by atoms with Crippen molar-refractivity contribution in [1.29, 1.82) is 0 Å². The summed E-state index contributed by atoms with van der Waals surface area (Å²) in [6.45, 7) is 4.18. The van der Waals surface area contributed by atoms with Gasteiger partial charge in [-0.2, -0.15) is 0 Å². The highest BCUT2D eigenvalue weighted by Crippen LogP contribution is 2.35. The van der Waals surface area contributed by atoms with Gasteiger partial charge in [0.15, 0.2) is 0 Å². The van der Waals surface area contributed by atoms with Crippen LogP contribution >= 0.6 is 0 Å². The molecule has 1 unspecified atom stereocenters. The summed E-state index contributed by atoms with van der Waals surface area (Å²) in [5.74, 6) is -0.0343. The molecule has 0 aromatic heterocycles. The van der Waals surface area contributed by atoms with Gasteiger partial charge in [0.05, 0.1) is 5.60 Å². The van der Waals surface area contributed by atoms with Crippen molar-refractivity contribution in [2.24, 2.45) is 11.8 Å². The first-order chi connectivity index (χ1) is 12.4. The summed E-state index contributed by atoms with van der Waals surface area (Å²) in [7, 11) is 0. The van der Waals surface area contributed by atoms with Crippen LogP contribution in [0, 0.1) is 11.8 Å². The molecule has 4 nitrogen and oxygen atoms in total. The van der Waals surface area contributed by atoms with Gasteiger partial charge in [-0.15, -0.1) is 0 Å².